The molecule has 0 radical (unpaired) electrons. The molecule has 3 rings (SSSR count). The normalized spacial score (nSPS) is 11.1. The number of rotatable bonds is 4. The fourth-order valence-corrected chi connectivity index (χ4v) is 2.08. The summed E-state index contributed by atoms with van der Waals surface area (Å²) in [5.74, 6) is 1.26. The summed E-state index contributed by atoms with van der Waals surface area (Å²) in [6, 6.07) is 5.41. The first-order chi connectivity index (χ1) is 9.78. The van der Waals surface area contributed by atoms with Crippen LogP contribution >= 0.6 is 0 Å². The summed E-state index contributed by atoms with van der Waals surface area (Å²) in [4.78, 5) is 19.4. The lowest BCUT2D eigenvalue weighted by atomic mass is 10.1. The second-order valence-corrected chi connectivity index (χ2v) is 4.60. The average Bonchev–Trinajstić information content (AvgIpc) is 2.99. The average molecular weight is 270 g/mol. The van der Waals surface area contributed by atoms with Crippen LogP contribution in [0.4, 0.5) is 0 Å². The van der Waals surface area contributed by atoms with Crippen LogP contribution in [-0.4, -0.2) is 30.6 Å². The number of nitrogens with zero attached hydrogens (tertiary/aromatic N) is 4. The summed E-state index contributed by atoms with van der Waals surface area (Å²) in [5.41, 5.74) is 1.32. The monoisotopic (exact) mass is 270 g/mol. The summed E-state index contributed by atoms with van der Waals surface area (Å²) in [5, 5.41) is 14.1. The molecule has 2 aromatic heterocycles. The molecular weight excluding hydrogens is 256 g/mol. The molecule has 7 nitrogen and oxygen atoms in total. The first-order valence-electron chi connectivity index (χ1n) is 6.55. The highest BCUT2D eigenvalue weighted by atomic mass is 16.1. The zero-order valence-electron chi connectivity index (χ0n) is 11.1. The highest BCUT2D eigenvalue weighted by Crippen LogP contribution is 2.17. The fourth-order valence-electron chi connectivity index (χ4n) is 2.08. The molecule has 0 bridgehead atoms. The number of aromatic amines is 2. The van der Waals surface area contributed by atoms with Gasteiger partial charge in [0, 0.05) is 12.0 Å². The Hall–Kier alpha value is -2.57. The van der Waals surface area contributed by atoms with Crippen LogP contribution < -0.4 is 5.56 Å². The smallest absolute Gasteiger partial charge is 0.258 e. The third kappa shape index (κ3) is 2.29. The van der Waals surface area contributed by atoms with E-state index in [0.717, 1.165) is 30.7 Å². The topological polar surface area (TPSA) is 100 Å². The molecule has 1 aromatic carbocycles. The van der Waals surface area contributed by atoms with Gasteiger partial charge in [0.05, 0.1) is 10.9 Å². The van der Waals surface area contributed by atoms with E-state index in [2.05, 4.69) is 37.5 Å². The maximum Gasteiger partial charge on any atom is 0.258 e. The summed E-state index contributed by atoms with van der Waals surface area (Å²) >= 11 is 0. The largest absolute Gasteiger partial charge is 0.310 e. The Bertz CT molecular complexity index is 777. The molecule has 0 aliphatic rings. The Morgan fingerprint density at radius 1 is 1.30 bits per heavy atom. The van der Waals surface area contributed by atoms with Crippen LogP contribution in [0.1, 0.15) is 25.6 Å². The van der Waals surface area contributed by atoms with Crippen LogP contribution in [0.15, 0.2) is 23.0 Å². The Kier molecular flexibility index (Phi) is 3.24. The minimum absolute atomic E-state index is 0.129. The summed E-state index contributed by atoms with van der Waals surface area (Å²) in [6.45, 7) is 2.11. The van der Waals surface area contributed by atoms with Crippen molar-refractivity contribution in [3.63, 3.8) is 0 Å². The molecule has 0 aliphatic carbocycles. The van der Waals surface area contributed by atoms with Crippen LogP contribution in [0.25, 0.3) is 22.3 Å². The zero-order valence-corrected chi connectivity index (χ0v) is 11.1. The minimum Gasteiger partial charge on any atom is -0.310 e. The minimum atomic E-state index is -0.129. The highest BCUT2D eigenvalue weighted by Gasteiger charge is 2.07. The van der Waals surface area contributed by atoms with Gasteiger partial charge in [0.25, 0.3) is 5.56 Å². The molecule has 3 aromatic rings. The molecular formula is C13H14N6O. The molecule has 2 N–H and O–H groups in total. The van der Waals surface area contributed by atoms with E-state index in [1.165, 1.54) is 0 Å². The molecule has 20 heavy (non-hydrogen) atoms. The number of aryl methyl sites for hydroxylation is 1. The van der Waals surface area contributed by atoms with Gasteiger partial charge in [-0.2, -0.15) is 0 Å². The quantitative estimate of drug-likeness (QED) is 0.747. The molecule has 0 unspecified atom stereocenters. The van der Waals surface area contributed by atoms with Crippen molar-refractivity contribution in [2.24, 2.45) is 0 Å². The molecule has 0 atom stereocenters. The third-order valence-corrected chi connectivity index (χ3v) is 3.14. The van der Waals surface area contributed by atoms with E-state index in [1.54, 1.807) is 6.07 Å². The molecule has 7 heteroatoms. The SMILES string of the molecule is CCCCc1nc2ccc(-c3nnn[nH]3)cc2c(=O)[nH]1. The number of aromatic nitrogens is 6. The zero-order chi connectivity index (χ0) is 13.9. The number of tetrazole rings is 1. The lowest BCUT2D eigenvalue weighted by Crippen LogP contribution is -2.12. The maximum absolute atomic E-state index is 12.1. The first kappa shape index (κ1) is 12.5. The van der Waals surface area contributed by atoms with E-state index in [9.17, 15) is 4.79 Å². The third-order valence-electron chi connectivity index (χ3n) is 3.14. The number of nitrogens with one attached hydrogen (secondary N) is 2. The van der Waals surface area contributed by atoms with Gasteiger partial charge in [0.1, 0.15) is 5.82 Å². The molecule has 102 valence electrons. The number of benzene rings is 1. The molecule has 0 saturated carbocycles. The summed E-state index contributed by atoms with van der Waals surface area (Å²) in [6.07, 6.45) is 2.87. The second-order valence-electron chi connectivity index (χ2n) is 4.60. The number of fused-ring (bicyclic) bond motifs is 1. The van der Waals surface area contributed by atoms with Crippen LogP contribution in [0.5, 0.6) is 0 Å². The maximum atomic E-state index is 12.1. The molecule has 0 aliphatic heterocycles. The van der Waals surface area contributed by atoms with E-state index in [0.29, 0.717) is 16.7 Å². The Morgan fingerprint density at radius 2 is 2.20 bits per heavy atom. The lowest BCUT2D eigenvalue weighted by Gasteiger charge is -2.03. The Morgan fingerprint density at radius 3 is 2.95 bits per heavy atom. The van der Waals surface area contributed by atoms with Gasteiger partial charge in [0.2, 0.25) is 0 Å². The van der Waals surface area contributed by atoms with Crippen molar-refractivity contribution >= 4 is 10.9 Å². The number of hydrogen-bond acceptors (Lipinski definition) is 5. The molecule has 0 fully saturated rings. The number of unbranched alkanes of at least 4 members (excludes halogenated alkanes) is 1. The van der Waals surface area contributed by atoms with Crippen molar-refractivity contribution in [3.05, 3.63) is 34.4 Å². The Labute approximate surface area is 114 Å². The van der Waals surface area contributed by atoms with E-state index in [1.807, 2.05) is 12.1 Å². The molecule has 0 amide bonds. The highest BCUT2D eigenvalue weighted by molar-refractivity contribution is 5.82. The fraction of sp³-hybridized carbons (Fsp3) is 0.308. The van der Waals surface area contributed by atoms with Crippen molar-refractivity contribution < 1.29 is 0 Å². The summed E-state index contributed by atoms with van der Waals surface area (Å²) in [7, 11) is 0. The standard InChI is InChI=1S/C13H14N6O/c1-2-3-4-11-14-10-6-5-8(12-16-18-19-17-12)7-9(10)13(20)15-11/h5-7H,2-4H2,1H3,(H,14,15,20)(H,16,17,18,19). The second kappa shape index (κ2) is 5.20. The summed E-state index contributed by atoms with van der Waals surface area (Å²) < 4.78 is 0. The van der Waals surface area contributed by atoms with E-state index in [-0.39, 0.29) is 5.56 Å². The van der Waals surface area contributed by atoms with E-state index >= 15 is 0 Å². The van der Waals surface area contributed by atoms with Gasteiger partial charge < -0.3 is 4.98 Å². The van der Waals surface area contributed by atoms with Gasteiger partial charge in [-0.05, 0) is 35.0 Å². The van der Waals surface area contributed by atoms with E-state index in [4.69, 9.17) is 0 Å². The number of hydrogen-bond donors (Lipinski definition) is 2. The van der Waals surface area contributed by atoms with Gasteiger partial charge in [0.15, 0.2) is 5.82 Å². The van der Waals surface area contributed by atoms with Crippen molar-refractivity contribution in [1.82, 2.24) is 30.6 Å². The molecule has 2 heterocycles. The van der Waals surface area contributed by atoms with Crippen LogP contribution in [0.2, 0.25) is 0 Å². The predicted molar refractivity (Wildman–Crippen MR) is 74.1 cm³/mol. The van der Waals surface area contributed by atoms with Crippen molar-refractivity contribution in [2.75, 3.05) is 0 Å². The van der Waals surface area contributed by atoms with Crippen LogP contribution in [0, 0.1) is 0 Å². The predicted octanol–water partition coefficient (Wildman–Crippen LogP) is 1.45. The lowest BCUT2D eigenvalue weighted by molar-refractivity contribution is 0.753. The van der Waals surface area contributed by atoms with Crippen LogP contribution in [-0.2, 0) is 6.42 Å². The molecule has 0 spiro atoms. The van der Waals surface area contributed by atoms with Crippen molar-refractivity contribution in [2.45, 2.75) is 26.2 Å². The van der Waals surface area contributed by atoms with Crippen molar-refractivity contribution in [3.8, 4) is 11.4 Å². The Balaban J connectivity index is 2.07. The van der Waals surface area contributed by atoms with Gasteiger partial charge in [-0.3, -0.25) is 4.79 Å². The molecule has 0 saturated heterocycles. The van der Waals surface area contributed by atoms with Gasteiger partial charge in [-0.15, -0.1) is 5.10 Å². The number of H-pyrrole nitrogens is 2. The first-order valence-corrected chi connectivity index (χ1v) is 6.55. The van der Waals surface area contributed by atoms with E-state index < -0.39 is 0 Å². The van der Waals surface area contributed by atoms with Crippen molar-refractivity contribution in [1.29, 1.82) is 0 Å². The van der Waals surface area contributed by atoms with Gasteiger partial charge in [-0.25, -0.2) is 10.1 Å². The van der Waals surface area contributed by atoms with Crippen LogP contribution in [0.3, 0.4) is 0 Å². The van der Waals surface area contributed by atoms with Gasteiger partial charge in [-0.1, -0.05) is 13.3 Å². The van der Waals surface area contributed by atoms with Gasteiger partial charge >= 0.3 is 0 Å².